The third-order valence-corrected chi connectivity index (χ3v) is 8.23. The Morgan fingerprint density at radius 3 is 2.05 bits per heavy atom. The number of nitrogens with zero attached hydrogens (tertiary/aromatic N) is 2. The SMILES string of the molecule is CCCCCCCCCCCC#CCCc1ccccc1C(=CC(=C=[N+]=[N-])CCCCCC)c1cccc(CCCC)c1. The lowest BCUT2D eigenvalue weighted by Gasteiger charge is -2.15. The minimum absolute atomic E-state index is 0.857. The first-order valence-electron chi connectivity index (χ1n) is 17.5. The second-order valence-electron chi connectivity index (χ2n) is 12.0. The predicted octanol–water partition coefficient (Wildman–Crippen LogP) is 12.1. The highest BCUT2D eigenvalue weighted by molar-refractivity contribution is 5.85. The van der Waals surface area contributed by atoms with Crippen molar-refractivity contribution in [3.05, 3.63) is 88.0 Å². The summed E-state index contributed by atoms with van der Waals surface area (Å²) in [6.07, 6.45) is 26.2. The van der Waals surface area contributed by atoms with Crippen LogP contribution in [0, 0.1) is 11.8 Å². The second-order valence-corrected chi connectivity index (χ2v) is 12.0. The van der Waals surface area contributed by atoms with Gasteiger partial charge in [-0.3, -0.25) is 0 Å². The number of hydrogen-bond acceptors (Lipinski definition) is 0. The molecule has 0 amide bonds. The molecule has 0 bridgehead atoms. The fourth-order valence-electron chi connectivity index (χ4n) is 5.63. The molecule has 0 aliphatic rings. The van der Waals surface area contributed by atoms with Gasteiger partial charge in [-0.15, -0.1) is 16.6 Å². The molecule has 232 valence electrons. The smallest absolute Gasteiger partial charge is 0.303 e. The molecule has 0 radical (unpaired) electrons. The van der Waals surface area contributed by atoms with Crippen molar-refractivity contribution in [2.45, 2.75) is 149 Å². The number of aryl methyl sites for hydroxylation is 2. The summed E-state index contributed by atoms with van der Waals surface area (Å²) >= 11 is 0. The molecule has 0 atom stereocenters. The van der Waals surface area contributed by atoms with Gasteiger partial charge >= 0.3 is 5.87 Å². The van der Waals surface area contributed by atoms with E-state index in [1.54, 1.807) is 0 Å². The zero-order chi connectivity index (χ0) is 30.8. The number of benzene rings is 2. The van der Waals surface area contributed by atoms with Crippen LogP contribution in [-0.4, -0.2) is 10.7 Å². The van der Waals surface area contributed by atoms with Crippen LogP contribution in [-0.2, 0) is 12.8 Å². The van der Waals surface area contributed by atoms with E-state index in [0.29, 0.717) is 0 Å². The number of rotatable bonds is 22. The molecule has 2 nitrogen and oxygen atoms in total. The van der Waals surface area contributed by atoms with Crippen molar-refractivity contribution in [2.75, 3.05) is 0 Å². The van der Waals surface area contributed by atoms with Crippen LogP contribution in [0.25, 0.3) is 11.1 Å². The van der Waals surface area contributed by atoms with E-state index < -0.39 is 0 Å². The summed E-state index contributed by atoms with van der Waals surface area (Å²) in [4.78, 5) is 3.32. The van der Waals surface area contributed by atoms with Crippen molar-refractivity contribution in [3.8, 4) is 11.8 Å². The molecule has 0 saturated heterocycles. The maximum Gasteiger partial charge on any atom is 0.303 e. The molecule has 0 aliphatic heterocycles. The van der Waals surface area contributed by atoms with Crippen LogP contribution in [0.2, 0.25) is 0 Å². The fraction of sp³-hybridized carbons (Fsp3) is 0.561. The van der Waals surface area contributed by atoms with E-state index in [2.05, 4.69) is 97.9 Å². The quantitative estimate of drug-likeness (QED) is 0.0333. The van der Waals surface area contributed by atoms with Crippen LogP contribution in [0.15, 0.2) is 60.2 Å². The van der Waals surface area contributed by atoms with Gasteiger partial charge in [0, 0.05) is 12.8 Å². The van der Waals surface area contributed by atoms with Crippen molar-refractivity contribution in [1.29, 1.82) is 0 Å². The summed E-state index contributed by atoms with van der Waals surface area (Å²) in [7, 11) is 0. The molecule has 0 heterocycles. The Morgan fingerprint density at radius 1 is 0.674 bits per heavy atom. The average Bonchev–Trinajstić information content (AvgIpc) is 3.03. The molecule has 2 heteroatoms. The lowest BCUT2D eigenvalue weighted by atomic mass is 9.89. The van der Waals surface area contributed by atoms with Gasteiger partial charge in [-0.1, -0.05) is 146 Å². The fourth-order valence-corrected chi connectivity index (χ4v) is 5.63. The Bertz CT molecular complexity index is 1210. The number of allylic oxidation sites excluding steroid dienone is 2. The van der Waals surface area contributed by atoms with Crippen LogP contribution in [0.4, 0.5) is 0 Å². The summed E-state index contributed by atoms with van der Waals surface area (Å²) < 4.78 is 0. The Kier molecular flexibility index (Phi) is 20.4. The first-order valence-corrected chi connectivity index (χ1v) is 17.5. The summed E-state index contributed by atoms with van der Waals surface area (Å²) in [6, 6.07) is 17.7. The summed E-state index contributed by atoms with van der Waals surface area (Å²) in [5.41, 5.74) is 16.7. The van der Waals surface area contributed by atoms with Gasteiger partial charge in [0.2, 0.25) is 0 Å². The molecule has 0 spiro atoms. The monoisotopic (exact) mass is 578 g/mol. The zero-order valence-corrected chi connectivity index (χ0v) is 27.7. The maximum absolute atomic E-state index is 9.42. The summed E-state index contributed by atoms with van der Waals surface area (Å²) in [5.74, 6) is 9.80. The van der Waals surface area contributed by atoms with Crippen molar-refractivity contribution < 1.29 is 4.79 Å². The molecule has 0 fully saturated rings. The molecular formula is C41H58N2. The van der Waals surface area contributed by atoms with E-state index in [0.717, 1.165) is 44.1 Å². The number of unbranched alkanes of at least 4 members (excludes halogenated alkanes) is 13. The van der Waals surface area contributed by atoms with Crippen molar-refractivity contribution in [1.82, 2.24) is 0 Å². The molecule has 0 N–H and O–H groups in total. The van der Waals surface area contributed by atoms with Gasteiger partial charge in [0.05, 0.1) is 5.57 Å². The first kappa shape index (κ1) is 36.1. The zero-order valence-electron chi connectivity index (χ0n) is 27.7. The van der Waals surface area contributed by atoms with Gasteiger partial charge < -0.3 is 5.53 Å². The van der Waals surface area contributed by atoms with E-state index in [-0.39, 0.29) is 0 Å². The van der Waals surface area contributed by atoms with E-state index in [4.69, 9.17) is 0 Å². The molecule has 2 aromatic rings. The minimum Gasteiger partial charge on any atom is -0.348 e. The molecule has 0 aromatic heterocycles. The lowest BCUT2D eigenvalue weighted by molar-refractivity contribution is 0.00746. The molecule has 2 rings (SSSR count). The molecule has 2 aromatic carbocycles. The Hall–Kier alpha value is -3.10. The highest BCUT2D eigenvalue weighted by atomic mass is 14.8. The summed E-state index contributed by atoms with van der Waals surface area (Å²) in [5, 5.41) is 0. The largest absolute Gasteiger partial charge is 0.348 e. The van der Waals surface area contributed by atoms with Crippen molar-refractivity contribution in [3.63, 3.8) is 0 Å². The summed E-state index contributed by atoms with van der Waals surface area (Å²) in [6.45, 7) is 6.76. The van der Waals surface area contributed by atoms with Crippen molar-refractivity contribution in [2.24, 2.45) is 0 Å². The molecular weight excluding hydrogens is 520 g/mol. The third kappa shape index (κ3) is 15.8. The van der Waals surface area contributed by atoms with Gasteiger partial charge in [-0.05, 0) is 72.4 Å². The molecule has 0 saturated carbocycles. The molecule has 43 heavy (non-hydrogen) atoms. The Labute approximate surface area is 264 Å². The third-order valence-electron chi connectivity index (χ3n) is 8.23. The van der Waals surface area contributed by atoms with Crippen molar-refractivity contribution >= 4 is 11.4 Å². The maximum atomic E-state index is 9.42. The van der Waals surface area contributed by atoms with Gasteiger partial charge in [0.1, 0.15) is 0 Å². The highest BCUT2D eigenvalue weighted by Gasteiger charge is 2.13. The normalized spacial score (nSPS) is 11.0. The topological polar surface area (TPSA) is 36.4 Å². The van der Waals surface area contributed by atoms with Gasteiger partial charge in [0.15, 0.2) is 0 Å². The van der Waals surface area contributed by atoms with E-state index in [1.807, 2.05) is 0 Å². The molecule has 0 aliphatic carbocycles. The Balaban J connectivity index is 2.15. The predicted molar refractivity (Wildman–Crippen MR) is 187 cm³/mol. The van der Waals surface area contributed by atoms with Crippen LogP contribution in [0.5, 0.6) is 0 Å². The highest BCUT2D eigenvalue weighted by Crippen LogP contribution is 2.30. The lowest BCUT2D eigenvalue weighted by Crippen LogP contribution is -1.98. The van der Waals surface area contributed by atoms with Crippen LogP contribution >= 0.6 is 0 Å². The van der Waals surface area contributed by atoms with Crippen LogP contribution in [0.3, 0.4) is 0 Å². The van der Waals surface area contributed by atoms with E-state index >= 15 is 0 Å². The van der Waals surface area contributed by atoms with Crippen LogP contribution < -0.4 is 0 Å². The van der Waals surface area contributed by atoms with Gasteiger partial charge in [0.25, 0.3) is 0 Å². The molecule has 0 unspecified atom stereocenters. The van der Waals surface area contributed by atoms with E-state index in [9.17, 15) is 5.53 Å². The number of hydrogen-bond donors (Lipinski definition) is 0. The van der Waals surface area contributed by atoms with E-state index in [1.165, 1.54) is 118 Å². The average molecular weight is 579 g/mol. The van der Waals surface area contributed by atoms with Gasteiger partial charge in [-0.2, -0.15) is 0 Å². The first-order chi connectivity index (χ1) is 21.2. The second kappa shape index (κ2) is 24.4. The standard InChI is InChI=1S/C41H58N2/c1-4-7-10-12-13-14-15-16-17-18-19-20-22-29-38-30-23-24-32-40(38)41(34-37(35-43-42)27-21-11-8-5-2)39-31-25-28-36(33-39)26-9-6-3/h23-25,28,30-34H,4-18,21-22,26-27,29H2,1-3H3. The Morgan fingerprint density at radius 2 is 1.33 bits per heavy atom. The van der Waals surface area contributed by atoms with Gasteiger partial charge in [-0.25, -0.2) is 0 Å². The van der Waals surface area contributed by atoms with Crippen LogP contribution in [0.1, 0.15) is 159 Å². The minimum atomic E-state index is 0.857.